The number of ketones is 2. The van der Waals surface area contributed by atoms with Gasteiger partial charge in [0, 0.05) is 25.9 Å². The maximum atomic E-state index is 12.6. The zero-order valence-electron chi connectivity index (χ0n) is 28.5. The standard InChI is InChI=1S/C36H61N3O5/c1-7-31(41)30-10-9-19-39(30)44-26-15-17-35(5)25(20-26)21-32(43-38-22-24(4)40)34-28-13-12-27(36(28,6)18-16-29(34)35)23(3)11-14-33(42)37-8-2/h23,25-30,32,34,38H,7-22H2,1-6H3,(H,37,42)/t23-,25-,26+,27?,28?,29?,30-,32+,34?,35-,36+/m0/s1. The molecule has 4 saturated carbocycles. The Morgan fingerprint density at radius 2 is 1.73 bits per heavy atom. The molecule has 250 valence electrons. The minimum atomic E-state index is -0.0781. The second-order valence-electron chi connectivity index (χ2n) is 15.7. The summed E-state index contributed by atoms with van der Waals surface area (Å²) in [5.74, 6) is 3.86. The van der Waals surface area contributed by atoms with Gasteiger partial charge < -0.3 is 5.32 Å². The fourth-order valence-electron chi connectivity index (χ4n) is 11.1. The van der Waals surface area contributed by atoms with E-state index in [1.54, 1.807) is 6.92 Å². The van der Waals surface area contributed by atoms with E-state index in [0.29, 0.717) is 60.7 Å². The highest BCUT2D eigenvalue weighted by Gasteiger charge is 2.63. The van der Waals surface area contributed by atoms with Crippen LogP contribution in [0.3, 0.4) is 0 Å². The first kappa shape index (κ1) is 34.0. The fraction of sp³-hybridized carbons (Fsp3) is 0.917. The molecule has 5 rings (SSSR count). The summed E-state index contributed by atoms with van der Waals surface area (Å²) < 4.78 is 0. The average molecular weight is 616 g/mol. The zero-order valence-corrected chi connectivity index (χ0v) is 28.5. The van der Waals surface area contributed by atoms with E-state index in [9.17, 15) is 14.4 Å². The van der Waals surface area contributed by atoms with Crippen LogP contribution < -0.4 is 10.8 Å². The van der Waals surface area contributed by atoms with Gasteiger partial charge in [-0.3, -0.25) is 24.1 Å². The van der Waals surface area contributed by atoms with Gasteiger partial charge in [0.1, 0.15) is 5.78 Å². The predicted octanol–water partition coefficient (Wildman–Crippen LogP) is 6.03. The lowest BCUT2D eigenvalue weighted by Gasteiger charge is -2.63. The van der Waals surface area contributed by atoms with E-state index < -0.39 is 0 Å². The van der Waals surface area contributed by atoms with E-state index in [2.05, 4.69) is 31.6 Å². The smallest absolute Gasteiger partial charge is 0.219 e. The van der Waals surface area contributed by atoms with E-state index in [0.717, 1.165) is 51.5 Å². The first-order chi connectivity index (χ1) is 21.0. The van der Waals surface area contributed by atoms with Crippen molar-refractivity contribution in [3.05, 3.63) is 0 Å². The summed E-state index contributed by atoms with van der Waals surface area (Å²) in [4.78, 5) is 49.8. The number of hydroxylamine groups is 3. The number of hydrogen-bond acceptors (Lipinski definition) is 7. The molecular weight excluding hydrogens is 554 g/mol. The van der Waals surface area contributed by atoms with Crippen LogP contribution >= 0.6 is 0 Å². The summed E-state index contributed by atoms with van der Waals surface area (Å²) >= 11 is 0. The van der Waals surface area contributed by atoms with E-state index in [1.807, 2.05) is 18.9 Å². The van der Waals surface area contributed by atoms with Crippen LogP contribution in [0, 0.1) is 46.3 Å². The number of amides is 1. The van der Waals surface area contributed by atoms with E-state index in [-0.39, 0.29) is 47.3 Å². The molecule has 1 heterocycles. The Kier molecular flexibility index (Phi) is 11.0. The van der Waals surface area contributed by atoms with E-state index in [4.69, 9.17) is 9.68 Å². The molecule has 5 fully saturated rings. The Morgan fingerprint density at radius 3 is 2.45 bits per heavy atom. The first-order valence-electron chi connectivity index (χ1n) is 18.1. The molecule has 8 heteroatoms. The number of rotatable bonds is 13. The number of hydrogen-bond donors (Lipinski definition) is 2. The van der Waals surface area contributed by atoms with Crippen molar-refractivity contribution in [1.29, 1.82) is 0 Å². The van der Waals surface area contributed by atoms with Gasteiger partial charge in [-0.05, 0) is 131 Å². The van der Waals surface area contributed by atoms with Crippen molar-refractivity contribution in [2.45, 2.75) is 143 Å². The van der Waals surface area contributed by atoms with Crippen LogP contribution in [0.1, 0.15) is 125 Å². The normalized spacial score (nSPS) is 41.0. The topological polar surface area (TPSA) is 97.0 Å². The molecule has 0 aromatic heterocycles. The molecule has 5 aliphatic rings. The van der Waals surface area contributed by atoms with Gasteiger partial charge in [-0.15, -0.1) is 0 Å². The molecule has 8 nitrogen and oxygen atoms in total. The lowest BCUT2D eigenvalue weighted by molar-refractivity contribution is -0.245. The molecular formula is C36H61N3O5. The third-order valence-corrected chi connectivity index (χ3v) is 13.3. The van der Waals surface area contributed by atoms with Crippen LogP contribution in [0.2, 0.25) is 0 Å². The molecule has 4 unspecified atom stereocenters. The molecule has 11 atom stereocenters. The molecule has 0 aromatic rings. The van der Waals surface area contributed by atoms with Crippen molar-refractivity contribution in [3.8, 4) is 0 Å². The minimum Gasteiger partial charge on any atom is -0.356 e. The maximum absolute atomic E-state index is 12.6. The summed E-state index contributed by atoms with van der Waals surface area (Å²) in [6.45, 7) is 14.8. The van der Waals surface area contributed by atoms with Gasteiger partial charge in [0.15, 0.2) is 5.78 Å². The van der Waals surface area contributed by atoms with E-state index in [1.165, 1.54) is 25.7 Å². The zero-order chi connectivity index (χ0) is 31.6. The molecule has 44 heavy (non-hydrogen) atoms. The molecule has 0 aromatic carbocycles. The third-order valence-electron chi connectivity index (χ3n) is 13.3. The van der Waals surface area contributed by atoms with Crippen LogP contribution in [0.4, 0.5) is 0 Å². The Morgan fingerprint density at radius 1 is 0.977 bits per heavy atom. The van der Waals surface area contributed by atoms with Gasteiger partial charge in [-0.1, -0.05) is 27.7 Å². The van der Waals surface area contributed by atoms with Crippen molar-refractivity contribution < 1.29 is 24.1 Å². The quantitative estimate of drug-likeness (QED) is 0.244. The van der Waals surface area contributed by atoms with Crippen LogP contribution in [0.25, 0.3) is 0 Å². The monoisotopic (exact) mass is 615 g/mol. The minimum absolute atomic E-state index is 0.0754. The second-order valence-corrected chi connectivity index (χ2v) is 15.7. The maximum Gasteiger partial charge on any atom is 0.219 e. The molecule has 0 radical (unpaired) electrons. The summed E-state index contributed by atoms with van der Waals surface area (Å²) in [6.07, 6.45) is 13.5. The Labute approximate surface area is 266 Å². The van der Waals surface area contributed by atoms with E-state index >= 15 is 0 Å². The summed E-state index contributed by atoms with van der Waals surface area (Å²) in [5.41, 5.74) is 3.59. The van der Waals surface area contributed by atoms with Crippen molar-refractivity contribution in [1.82, 2.24) is 15.9 Å². The average Bonchev–Trinajstić information content (AvgIpc) is 3.60. The SMILES string of the molecule is CCNC(=O)CC[C@H](C)C1CCC2C3C(CC[C@@]21C)[C@@]1(C)CC[C@@H](ON2CCC[C@H]2C(=O)CC)C[C@H]1C[C@H]3ONCC(C)=O. The number of nitrogens with zero attached hydrogens (tertiary/aromatic N) is 1. The van der Waals surface area contributed by atoms with Crippen molar-refractivity contribution in [2.75, 3.05) is 19.6 Å². The Hall–Kier alpha value is -1.35. The van der Waals surface area contributed by atoms with Gasteiger partial charge in [-0.2, -0.15) is 10.5 Å². The highest BCUT2D eigenvalue weighted by Crippen LogP contribution is 2.68. The number of nitrogens with one attached hydrogen (secondary N) is 2. The van der Waals surface area contributed by atoms with Gasteiger partial charge in [0.2, 0.25) is 5.91 Å². The molecule has 1 saturated heterocycles. The van der Waals surface area contributed by atoms with Crippen LogP contribution in [0.5, 0.6) is 0 Å². The van der Waals surface area contributed by atoms with Crippen molar-refractivity contribution in [3.63, 3.8) is 0 Å². The molecule has 1 amide bonds. The van der Waals surface area contributed by atoms with Crippen LogP contribution in [-0.4, -0.2) is 60.4 Å². The lowest BCUT2D eigenvalue weighted by Crippen LogP contribution is -2.60. The summed E-state index contributed by atoms with van der Waals surface area (Å²) in [6, 6.07) is -0.0781. The summed E-state index contributed by atoms with van der Waals surface area (Å²) in [7, 11) is 0. The second kappa shape index (κ2) is 14.2. The van der Waals surface area contributed by atoms with Crippen LogP contribution in [-0.2, 0) is 24.1 Å². The highest BCUT2D eigenvalue weighted by molar-refractivity contribution is 5.83. The van der Waals surface area contributed by atoms with Crippen molar-refractivity contribution in [2.24, 2.45) is 46.3 Å². The fourth-order valence-corrected chi connectivity index (χ4v) is 11.1. The largest absolute Gasteiger partial charge is 0.356 e. The lowest BCUT2D eigenvalue weighted by atomic mass is 9.43. The van der Waals surface area contributed by atoms with Gasteiger partial charge in [-0.25, -0.2) is 0 Å². The van der Waals surface area contributed by atoms with Gasteiger partial charge in [0.05, 0.1) is 24.8 Å². The number of carbonyl (C=O) groups excluding carboxylic acids is 3. The molecule has 4 aliphatic carbocycles. The Bertz CT molecular complexity index is 1040. The van der Waals surface area contributed by atoms with Gasteiger partial charge >= 0.3 is 0 Å². The van der Waals surface area contributed by atoms with Crippen LogP contribution in [0.15, 0.2) is 0 Å². The molecule has 0 spiro atoms. The summed E-state index contributed by atoms with van der Waals surface area (Å²) in [5, 5.41) is 5.00. The number of carbonyl (C=O) groups is 3. The molecule has 0 bridgehead atoms. The first-order valence-corrected chi connectivity index (χ1v) is 18.1. The molecule has 2 N–H and O–H groups in total. The number of fused-ring (bicyclic) bond motifs is 5. The predicted molar refractivity (Wildman–Crippen MR) is 171 cm³/mol. The Balaban J connectivity index is 1.32. The molecule has 1 aliphatic heterocycles. The van der Waals surface area contributed by atoms with Gasteiger partial charge in [0.25, 0.3) is 0 Å². The third kappa shape index (κ3) is 6.70. The highest BCUT2D eigenvalue weighted by atomic mass is 16.7. The number of Topliss-reactive ketones (excluding diaryl/α,β-unsaturated/α-hetero) is 2. The van der Waals surface area contributed by atoms with Crippen molar-refractivity contribution >= 4 is 17.5 Å².